The summed E-state index contributed by atoms with van der Waals surface area (Å²) in [5, 5.41) is 23.1. The molecule has 0 heterocycles. The Balaban J connectivity index is 1.62. The number of hydrogen-bond acceptors (Lipinski definition) is 3. The van der Waals surface area contributed by atoms with Crippen LogP contribution in [0.15, 0.2) is 11.6 Å². The summed E-state index contributed by atoms with van der Waals surface area (Å²) >= 11 is 0. The zero-order valence-electron chi connectivity index (χ0n) is 21.6. The Bertz CT molecular complexity index is 870. The lowest BCUT2D eigenvalue weighted by Crippen LogP contribution is -2.67. The third kappa shape index (κ3) is 2.65. The first-order chi connectivity index (χ1) is 14.6. The van der Waals surface area contributed by atoms with Crippen molar-refractivity contribution >= 4 is 5.78 Å². The Kier molecular flexibility index (Phi) is 4.69. The Hall–Kier alpha value is -0.670. The van der Waals surface area contributed by atoms with Gasteiger partial charge in [0.2, 0.25) is 0 Å². The summed E-state index contributed by atoms with van der Waals surface area (Å²) in [5.41, 5.74) is 0.111. The number of ketones is 1. The fourth-order valence-electron chi connectivity index (χ4n) is 10.3. The number of fused-ring (bicyclic) bond motifs is 7. The lowest BCUT2D eigenvalue weighted by atomic mass is 9.34. The van der Waals surface area contributed by atoms with Gasteiger partial charge < -0.3 is 10.2 Å². The Morgan fingerprint density at radius 3 is 2.28 bits per heavy atom. The number of rotatable bonds is 0. The van der Waals surface area contributed by atoms with Gasteiger partial charge in [0, 0.05) is 11.8 Å². The van der Waals surface area contributed by atoms with Crippen LogP contribution in [0.2, 0.25) is 0 Å². The lowest BCUT2D eigenvalue weighted by Gasteiger charge is -2.71. The van der Waals surface area contributed by atoms with Crippen LogP contribution in [-0.2, 0) is 4.79 Å². The lowest BCUT2D eigenvalue weighted by molar-refractivity contribution is -0.209. The van der Waals surface area contributed by atoms with Gasteiger partial charge in [0.15, 0.2) is 0 Å². The molecular weight excluding hydrogens is 396 g/mol. The molecule has 0 saturated heterocycles. The topological polar surface area (TPSA) is 57.5 Å². The largest absolute Gasteiger partial charge is 0.393 e. The summed E-state index contributed by atoms with van der Waals surface area (Å²) < 4.78 is 0. The van der Waals surface area contributed by atoms with E-state index in [9.17, 15) is 15.0 Å². The average molecular weight is 443 g/mol. The van der Waals surface area contributed by atoms with E-state index in [4.69, 9.17) is 0 Å². The quantitative estimate of drug-likeness (QED) is 0.447. The SMILES string of the molecule is CC1(C)CC[C@@H]2C(=O)C[C@]3(C)C(=CC[C@@H]4[C@@]5(C)CC[C@H](O)C(C)(C)[C@@H]5CC[C@]43C)[C@]2(O)C1. The van der Waals surface area contributed by atoms with Crippen molar-refractivity contribution in [3.05, 3.63) is 11.6 Å². The van der Waals surface area contributed by atoms with E-state index in [-0.39, 0.29) is 39.1 Å². The molecule has 0 bridgehead atoms. The highest BCUT2D eigenvalue weighted by atomic mass is 16.3. The second-order valence-electron chi connectivity index (χ2n) is 14.6. The van der Waals surface area contributed by atoms with Crippen molar-refractivity contribution < 1.29 is 15.0 Å². The molecule has 8 atom stereocenters. The van der Waals surface area contributed by atoms with Gasteiger partial charge in [0.05, 0.1) is 17.6 Å². The average Bonchev–Trinajstić information content (AvgIpc) is 2.64. The van der Waals surface area contributed by atoms with Gasteiger partial charge >= 0.3 is 0 Å². The van der Waals surface area contributed by atoms with Crippen LogP contribution < -0.4 is 0 Å². The van der Waals surface area contributed by atoms with Crippen molar-refractivity contribution in [2.24, 2.45) is 44.8 Å². The minimum absolute atomic E-state index is 0.00133. The predicted octanol–water partition coefficient (Wildman–Crippen LogP) is 6.07. The van der Waals surface area contributed by atoms with Gasteiger partial charge in [-0.3, -0.25) is 4.79 Å². The van der Waals surface area contributed by atoms with E-state index in [0.717, 1.165) is 44.9 Å². The van der Waals surface area contributed by atoms with E-state index < -0.39 is 5.60 Å². The molecule has 0 amide bonds. The second kappa shape index (κ2) is 6.51. The smallest absolute Gasteiger partial charge is 0.140 e. The third-order valence-electron chi connectivity index (χ3n) is 12.3. The fraction of sp³-hybridized carbons (Fsp3) is 0.897. The van der Waals surface area contributed by atoms with Crippen LogP contribution in [0.3, 0.4) is 0 Å². The van der Waals surface area contributed by atoms with Gasteiger partial charge in [0.1, 0.15) is 5.78 Å². The maximum atomic E-state index is 13.6. The van der Waals surface area contributed by atoms with Crippen LogP contribution in [0, 0.1) is 44.8 Å². The van der Waals surface area contributed by atoms with E-state index >= 15 is 0 Å². The van der Waals surface area contributed by atoms with E-state index in [1.807, 2.05) is 0 Å². The van der Waals surface area contributed by atoms with E-state index in [1.54, 1.807) is 0 Å². The zero-order chi connectivity index (χ0) is 23.5. The highest BCUT2D eigenvalue weighted by Gasteiger charge is 2.70. The van der Waals surface area contributed by atoms with Crippen LogP contribution in [0.25, 0.3) is 0 Å². The molecule has 0 aliphatic heterocycles. The molecule has 5 aliphatic rings. The maximum absolute atomic E-state index is 13.6. The molecule has 180 valence electrons. The molecular formula is C29H46O3. The standard InChI is InChI=1S/C29H46O3/c1-24(2)13-10-18-19(30)16-28(7)22(29(18,32)17-24)9-8-21-26(5)14-12-23(31)25(3,4)20(26)11-15-27(21,28)6/h9,18,20-21,23,31-32H,8,10-17H2,1-7H3/t18-,20+,21-,23+,26+,27-,28-,29+/m1/s1. The van der Waals surface area contributed by atoms with Gasteiger partial charge in [-0.25, -0.2) is 0 Å². The predicted molar refractivity (Wildman–Crippen MR) is 128 cm³/mol. The van der Waals surface area contributed by atoms with Crippen molar-refractivity contribution in [1.29, 1.82) is 0 Å². The monoisotopic (exact) mass is 442 g/mol. The van der Waals surface area contributed by atoms with Crippen molar-refractivity contribution in [2.45, 2.75) is 118 Å². The molecule has 4 fully saturated rings. The van der Waals surface area contributed by atoms with Gasteiger partial charge in [-0.15, -0.1) is 0 Å². The minimum Gasteiger partial charge on any atom is -0.393 e. The number of carbonyl (C=O) groups is 1. The normalized spacial score (nSPS) is 53.9. The number of aliphatic hydroxyl groups is 2. The van der Waals surface area contributed by atoms with Gasteiger partial charge in [-0.05, 0) is 90.4 Å². The molecule has 2 N–H and O–H groups in total. The second-order valence-corrected chi connectivity index (χ2v) is 14.6. The van der Waals surface area contributed by atoms with Crippen LogP contribution in [0.4, 0.5) is 0 Å². The highest BCUT2D eigenvalue weighted by molar-refractivity contribution is 5.86. The molecule has 5 aliphatic carbocycles. The summed E-state index contributed by atoms with van der Waals surface area (Å²) in [6.45, 7) is 16.3. The number of carbonyl (C=O) groups excluding carboxylic acids is 1. The molecule has 3 nitrogen and oxygen atoms in total. The Morgan fingerprint density at radius 2 is 1.59 bits per heavy atom. The Morgan fingerprint density at radius 1 is 0.906 bits per heavy atom. The first kappa shape index (κ1) is 23.1. The first-order valence-electron chi connectivity index (χ1n) is 13.3. The molecule has 4 saturated carbocycles. The van der Waals surface area contributed by atoms with Gasteiger partial charge in [-0.1, -0.05) is 54.5 Å². The van der Waals surface area contributed by atoms with Crippen molar-refractivity contribution in [3.63, 3.8) is 0 Å². The third-order valence-corrected chi connectivity index (χ3v) is 12.3. The van der Waals surface area contributed by atoms with Gasteiger partial charge in [0.25, 0.3) is 0 Å². The maximum Gasteiger partial charge on any atom is 0.140 e. The fourth-order valence-corrected chi connectivity index (χ4v) is 10.3. The molecule has 3 heteroatoms. The molecule has 0 aromatic rings. The highest BCUT2D eigenvalue weighted by Crippen LogP contribution is 2.74. The molecule has 0 aromatic heterocycles. The summed E-state index contributed by atoms with van der Waals surface area (Å²) in [5.74, 6) is 1.07. The van der Waals surface area contributed by atoms with Gasteiger partial charge in [-0.2, -0.15) is 0 Å². The zero-order valence-corrected chi connectivity index (χ0v) is 21.6. The molecule has 0 unspecified atom stereocenters. The Labute approximate surface area is 195 Å². The summed E-state index contributed by atoms with van der Waals surface area (Å²) in [7, 11) is 0. The number of hydrogen-bond donors (Lipinski definition) is 2. The van der Waals surface area contributed by atoms with Crippen LogP contribution >= 0.6 is 0 Å². The van der Waals surface area contributed by atoms with Crippen LogP contribution in [-0.4, -0.2) is 27.7 Å². The van der Waals surface area contributed by atoms with E-state index in [0.29, 0.717) is 30.5 Å². The van der Waals surface area contributed by atoms with Crippen LogP contribution in [0.5, 0.6) is 0 Å². The van der Waals surface area contributed by atoms with Crippen molar-refractivity contribution in [2.75, 3.05) is 0 Å². The summed E-state index contributed by atoms with van der Waals surface area (Å²) in [6.07, 6.45) is 10.4. The molecule has 32 heavy (non-hydrogen) atoms. The number of allylic oxidation sites excluding steroid dienone is 1. The molecule has 0 aromatic carbocycles. The summed E-state index contributed by atoms with van der Waals surface area (Å²) in [4.78, 5) is 13.6. The molecule has 5 rings (SSSR count). The van der Waals surface area contributed by atoms with Crippen molar-refractivity contribution in [3.8, 4) is 0 Å². The van der Waals surface area contributed by atoms with E-state index in [1.165, 1.54) is 5.57 Å². The molecule has 0 spiro atoms. The number of aliphatic hydroxyl groups excluding tert-OH is 1. The number of Topliss-reactive ketones (excluding diaryl/α,β-unsaturated/α-hetero) is 1. The first-order valence-corrected chi connectivity index (χ1v) is 13.3. The van der Waals surface area contributed by atoms with Crippen molar-refractivity contribution in [1.82, 2.24) is 0 Å². The van der Waals surface area contributed by atoms with Crippen LogP contribution in [0.1, 0.15) is 106 Å². The van der Waals surface area contributed by atoms with E-state index in [2.05, 4.69) is 54.5 Å². The summed E-state index contributed by atoms with van der Waals surface area (Å²) in [6, 6.07) is 0. The molecule has 0 radical (unpaired) electrons. The minimum atomic E-state index is -0.973.